The summed E-state index contributed by atoms with van der Waals surface area (Å²) in [6.45, 7) is 1.89. The third-order valence-corrected chi connectivity index (χ3v) is 2.79. The zero-order chi connectivity index (χ0) is 14.5. The minimum Gasteiger partial charge on any atom is -0.334 e. The molecule has 0 fully saturated rings. The number of rotatable bonds is 3. The summed E-state index contributed by atoms with van der Waals surface area (Å²) in [5, 5.41) is 5.15. The van der Waals surface area contributed by atoms with Gasteiger partial charge in [0.25, 0.3) is 0 Å². The molecule has 2 aromatic rings. The molecule has 0 saturated heterocycles. The first kappa shape index (κ1) is 14.0. The third-order valence-electron chi connectivity index (χ3n) is 2.79. The van der Waals surface area contributed by atoms with Crippen molar-refractivity contribution in [2.75, 3.05) is 5.32 Å². The average Bonchev–Trinajstić information content (AvgIpc) is 2.43. The summed E-state index contributed by atoms with van der Waals surface area (Å²) in [6, 6.07) is 9.78. The fraction of sp³-hybridized carbons (Fsp3) is 0.133. The van der Waals surface area contributed by atoms with Crippen LogP contribution in [0.4, 0.5) is 19.3 Å². The van der Waals surface area contributed by atoms with E-state index in [-0.39, 0.29) is 18.2 Å². The SMILES string of the molecule is Cc1ccc(CNC(=O)Nc2ccc(F)cc2)cc1F. The van der Waals surface area contributed by atoms with Gasteiger partial charge in [0.1, 0.15) is 11.6 Å². The van der Waals surface area contributed by atoms with Crippen molar-refractivity contribution in [3.8, 4) is 0 Å². The molecule has 0 spiro atoms. The summed E-state index contributed by atoms with van der Waals surface area (Å²) in [5.74, 6) is -0.672. The van der Waals surface area contributed by atoms with Crippen LogP contribution in [-0.4, -0.2) is 6.03 Å². The fourth-order valence-corrected chi connectivity index (χ4v) is 1.64. The minimum atomic E-state index is -0.433. The number of anilines is 1. The van der Waals surface area contributed by atoms with Crippen molar-refractivity contribution >= 4 is 11.7 Å². The Kier molecular flexibility index (Phi) is 4.30. The van der Waals surface area contributed by atoms with Crippen molar-refractivity contribution in [3.63, 3.8) is 0 Å². The Bertz CT molecular complexity index is 612. The molecule has 0 aliphatic rings. The summed E-state index contributed by atoms with van der Waals surface area (Å²) < 4.78 is 26.0. The Morgan fingerprint density at radius 3 is 2.45 bits per heavy atom. The number of urea groups is 1. The van der Waals surface area contributed by atoms with Crippen molar-refractivity contribution < 1.29 is 13.6 Å². The van der Waals surface area contributed by atoms with Gasteiger partial charge in [-0.1, -0.05) is 12.1 Å². The monoisotopic (exact) mass is 276 g/mol. The van der Waals surface area contributed by atoms with Gasteiger partial charge in [0.2, 0.25) is 0 Å². The van der Waals surface area contributed by atoms with Gasteiger partial charge in [-0.25, -0.2) is 13.6 Å². The molecule has 2 amide bonds. The van der Waals surface area contributed by atoms with Crippen LogP contribution in [0.1, 0.15) is 11.1 Å². The summed E-state index contributed by atoms with van der Waals surface area (Å²) >= 11 is 0. The number of amides is 2. The first-order valence-corrected chi connectivity index (χ1v) is 6.10. The van der Waals surface area contributed by atoms with Gasteiger partial charge in [0, 0.05) is 12.2 Å². The van der Waals surface area contributed by atoms with Crippen molar-refractivity contribution in [1.82, 2.24) is 5.32 Å². The van der Waals surface area contributed by atoms with Crippen LogP contribution in [0.5, 0.6) is 0 Å². The van der Waals surface area contributed by atoms with Gasteiger partial charge in [-0.15, -0.1) is 0 Å². The van der Waals surface area contributed by atoms with Crippen LogP contribution in [0.2, 0.25) is 0 Å². The molecule has 0 bridgehead atoms. The molecule has 2 rings (SSSR count). The maximum absolute atomic E-state index is 13.3. The standard InChI is InChI=1S/C15H14F2N2O/c1-10-2-3-11(8-14(10)17)9-18-15(20)19-13-6-4-12(16)5-7-13/h2-8H,9H2,1H3,(H2,18,19,20). The van der Waals surface area contributed by atoms with Gasteiger partial charge in [-0.2, -0.15) is 0 Å². The van der Waals surface area contributed by atoms with Gasteiger partial charge in [0.15, 0.2) is 0 Å². The largest absolute Gasteiger partial charge is 0.334 e. The summed E-state index contributed by atoms with van der Waals surface area (Å²) in [4.78, 5) is 11.6. The lowest BCUT2D eigenvalue weighted by Crippen LogP contribution is -2.28. The van der Waals surface area contributed by atoms with Crippen molar-refractivity contribution in [2.45, 2.75) is 13.5 Å². The molecular weight excluding hydrogens is 262 g/mol. The topological polar surface area (TPSA) is 41.1 Å². The van der Waals surface area contributed by atoms with E-state index in [0.717, 1.165) is 0 Å². The van der Waals surface area contributed by atoms with E-state index in [1.807, 2.05) is 0 Å². The molecule has 0 aliphatic carbocycles. The number of carbonyl (C=O) groups excluding carboxylic acids is 1. The van der Waals surface area contributed by atoms with Gasteiger partial charge < -0.3 is 10.6 Å². The lowest BCUT2D eigenvalue weighted by molar-refractivity contribution is 0.251. The highest BCUT2D eigenvalue weighted by Gasteiger charge is 2.03. The minimum absolute atomic E-state index is 0.213. The third kappa shape index (κ3) is 3.78. The van der Waals surface area contributed by atoms with E-state index < -0.39 is 6.03 Å². The van der Waals surface area contributed by atoms with Gasteiger partial charge in [-0.05, 0) is 48.4 Å². The van der Waals surface area contributed by atoms with Crippen molar-refractivity contribution in [2.24, 2.45) is 0 Å². The maximum Gasteiger partial charge on any atom is 0.319 e. The van der Waals surface area contributed by atoms with Crippen LogP contribution < -0.4 is 10.6 Å². The Morgan fingerprint density at radius 1 is 1.10 bits per heavy atom. The highest BCUT2D eigenvalue weighted by molar-refractivity contribution is 5.89. The van der Waals surface area contributed by atoms with Crippen LogP contribution in [0.25, 0.3) is 0 Å². The second-order valence-corrected chi connectivity index (χ2v) is 4.40. The maximum atomic E-state index is 13.3. The molecule has 2 N–H and O–H groups in total. The van der Waals surface area contributed by atoms with E-state index >= 15 is 0 Å². The van der Waals surface area contributed by atoms with Crippen LogP contribution >= 0.6 is 0 Å². The van der Waals surface area contributed by atoms with Crippen molar-refractivity contribution in [3.05, 3.63) is 65.2 Å². The molecule has 2 aromatic carbocycles. The molecule has 0 unspecified atom stereocenters. The predicted molar refractivity (Wildman–Crippen MR) is 73.4 cm³/mol. The van der Waals surface area contributed by atoms with E-state index in [9.17, 15) is 13.6 Å². The van der Waals surface area contributed by atoms with Crippen LogP contribution in [-0.2, 0) is 6.54 Å². The summed E-state index contributed by atoms with van der Waals surface area (Å²) in [6.07, 6.45) is 0. The number of hydrogen-bond acceptors (Lipinski definition) is 1. The average molecular weight is 276 g/mol. The first-order chi connectivity index (χ1) is 9.54. The summed E-state index contributed by atoms with van der Waals surface area (Å²) in [5.41, 5.74) is 1.71. The zero-order valence-electron chi connectivity index (χ0n) is 10.9. The number of nitrogens with one attached hydrogen (secondary N) is 2. The molecular formula is C15H14F2N2O. The summed E-state index contributed by atoms with van der Waals surface area (Å²) in [7, 11) is 0. The molecule has 0 atom stereocenters. The molecule has 104 valence electrons. The fourth-order valence-electron chi connectivity index (χ4n) is 1.64. The molecule has 5 heteroatoms. The Hall–Kier alpha value is -2.43. The smallest absolute Gasteiger partial charge is 0.319 e. The van der Waals surface area contributed by atoms with E-state index in [1.165, 1.54) is 30.3 Å². The number of aryl methyl sites for hydroxylation is 1. The lowest BCUT2D eigenvalue weighted by Gasteiger charge is -2.08. The van der Waals surface area contributed by atoms with Gasteiger partial charge >= 0.3 is 6.03 Å². The molecule has 0 radical (unpaired) electrons. The van der Waals surface area contributed by atoms with Crippen LogP contribution in [0, 0.1) is 18.6 Å². The van der Waals surface area contributed by atoms with Gasteiger partial charge in [-0.3, -0.25) is 0 Å². The molecule has 3 nitrogen and oxygen atoms in total. The normalized spacial score (nSPS) is 10.2. The zero-order valence-corrected chi connectivity index (χ0v) is 10.9. The number of halogens is 2. The molecule has 0 aromatic heterocycles. The highest BCUT2D eigenvalue weighted by atomic mass is 19.1. The van der Waals surface area contributed by atoms with Crippen LogP contribution in [0.3, 0.4) is 0 Å². The number of carbonyl (C=O) groups is 1. The second kappa shape index (κ2) is 6.14. The first-order valence-electron chi connectivity index (χ1n) is 6.10. The van der Waals surface area contributed by atoms with Gasteiger partial charge in [0.05, 0.1) is 0 Å². The number of benzene rings is 2. The quantitative estimate of drug-likeness (QED) is 0.883. The Labute approximate surface area is 115 Å². The highest BCUT2D eigenvalue weighted by Crippen LogP contribution is 2.10. The van der Waals surface area contributed by atoms with E-state index in [0.29, 0.717) is 16.8 Å². The Balaban J connectivity index is 1.88. The Morgan fingerprint density at radius 2 is 1.80 bits per heavy atom. The molecule has 0 aliphatic heterocycles. The predicted octanol–water partition coefficient (Wildman–Crippen LogP) is 3.59. The number of hydrogen-bond donors (Lipinski definition) is 2. The second-order valence-electron chi connectivity index (χ2n) is 4.40. The molecule has 0 heterocycles. The molecule has 0 saturated carbocycles. The molecule has 20 heavy (non-hydrogen) atoms. The lowest BCUT2D eigenvalue weighted by atomic mass is 10.1. The van der Waals surface area contributed by atoms with E-state index in [2.05, 4.69) is 10.6 Å². The van der Waals surface area contributed by atoms with Crippen LogP contribution in [0.15, 0.2) is 42.5 Å². The van der Waals surface area contributed by atoms with E-state index in [4.69, 9.17) is 0 Å². The van der Waals surface area contributed by atoms with Crippen molar-refractivity contribution in [1.29, 1.82) is 0 Å². The van der Waals surface area contributed by atoms with E-state index in [1.54, 1.807) is 19.1 Å².